The topological polar surface area (TPSA) is 136 Å². The van der Waals surface area contributed by atoms with Gasteiger partial charge in [-0.3, -0.25) is 4.57 Å². The van der Waals surface area contributed by atoms with Crippen molar-refractivity contribution in [3.63, 3.8) is 0 Å². The van der Waals surface area contributed by atoms with Gasteiger partial charge < -0.3 is 30.6 Å². The Morgan fingerprint density at radius 2 is 2.03 bits per heavy atom. The lowest BCUT2D eigenvalue weighted by Gasteiger charge is -2.28. The van der Waals surface area contributed by atoms with Crippen LogP contribution in [0.3, 0.4) is 0 Å². The molecule has 4 heterocycles. The summed E-state index contributed by atoms with van der Waals surface area (Å²) in [6.45, 7) is 5.96. The largest absolute Gasteiger partial charge is 0.385 e. The number of imidazole rings is 1. The molecule has 1 aliphatic heterocycles. The Morgan fingerprint density at radius 1 is 1.17 bits per heavy atom. The lowest BCUT2D eigenvalue weighted by atomic mass is 10.1. The fraction of sp³-hybridized carbons (Fsp3) is 0.346. The Balaban J connectivity index is 1.18. The molecular formula is C26H29N7O3. The van der Waals surface area contributed by atoms with Gasteiger partial charge in [0.15, 0.2) is 17.2 Å². The summed E-state index contributed by atoms with van der Waals surface area (Å²) >= 11 is 0. The van der Waals surface area contributed by atoms with Crippen molar-refractivity contribution in [2.75, 3.05) is 25.4 Å². The van der Waals surface area contributed by atoms with Crippen LogP contribution in [0.15, 0.2) is 49.1 Å². The number of anilines is 1. The molecule has 5 aromatic rings. The number of hydrogen-bond donors (Lipinski definition) is 4. The lowest BCUT2D eigenvalue weighted by Crippen LogP contribution is -2.48. The third-order valence-corrected chi connectivity index (χ3v) is 7.23. The highest BCUT2D eigenvalue weighted by Crippen LogP contribution is 2.33. The highest BCUT2D eigenvalue weighted by molar-refractivity contribution is 6.09. The summed E-state index contributed by atoms with van der Waals surface area (Å²) in [6, 6.07) is 13.0. The maximum Gasteiger partial charge on any atom is 0.197 e. The molecule has 3 unspecified atom stereocenters. The van der Waals surface area contributed by atoms with Gasteiger partial charge in [0.25, 0.3) is 0 Å². The second-order valence-electron chi connectivity index (χ2n) is 9.56. The summed E-state index contributed by atoms with van der Waals surface area (Å²) in [5, 5.41) is 28.2. The minimum absolute atomic E-state index is 0.0959. The number of ether oxygens (including phenoxy) is 1. The van der Waals surface area contributed by atoms with Crippen molar-refractivity contribution in [2.45, 2.75) is 38.3 Å². The number of aryl methyl sites for hydroxylation is 2. The maximum absolute atomic E-state index is 11.3. The van der Waals surface area contributed by atoms with Gasteiger partial charge in [-0.2, -0.15) is 0 Å². The van der Waals surface area contributed by atoms with Crippen molar-refractivity contribution >= 4 is 38.8 Å². The minimum atomic E-state index is -1.70. The van der Waals surface area contributed by atoms with E-state index in [4.69, 9.17) is 10.5 Å². The van der Waals surface area contributed by atoms with Gasteiger partial charge in [0.05, 0.1) is 12.9 Å². The number of benzene rings is 2. The molecule has 1 aliphatic rings. The van der Waals surface area contributed by atoms with E-state index < -0.39 is 17.9 Å². The zero-order valence-electron chi connectivity index (χ0n) is 20.2. The standard InChI is InChI=1S/C26H29N7O3/c1-15-6-7-17-19(10-15)32(18-5-3-4-16(2)21(17)18)9-8-28-11-20-23(34)26(35,12-36-20)33-14-31-22-24(27)29-13-30-25(22)33/h3-7,10,13-14,20,23,28,34-35H,8-9,11-12H2,1-2H3,(H2,27,29,30). The van der Waals surface area contributed by atoms with Crippen molar-refractivity contribution in [2.24, 2.45) is 0 Å². The van der Waals surface area contributed by atoms with Crippen molar-refractivity contribution in [3.05, 3.63) is 60.2 Å². The molecule has 0 amide bonds. The van der Waals surface area contributed by atoms with Crippen molar-refractivity contribution < 1.29 is 14.9 Å². The Kier molecular flexibility index (Phi) is 5.41. The molecule has 186 valence electrons. The lowest BCUT2D eigenvalue weighted by molar-refractivity contribution is -0.107. The van der Waals surface area contributed by atoms with Crippen molar-refractivity contribution in [1.29, 1.82) is 0 Å². The molecule has 1 fully saturated rings. The summed E-state index contributed by atoms with van der Waals surface area (Å²) in [7, 11) is 0. The molecule has 5 N–H and O–H groups in total. The molecule has 10 nitrogen and oxygen atoms in total. The first kappa shape index (κ1) is 22.9. The molecule has 0 aliphatic carbocycles. The van der Waals surface area contributed by atoms with Crippen LogP contribution in [0.25, 0.3) is 33.0 Å². The second kappa shape index (κ2) is 8.52. The SMILES string of the molecule is Cc1ccc2c3c(C)cccc3n(CCNCC3OCC(O)(n4cnc5c(N)ncnc54)C3O)c2c1. The third-order valence-electron chi connectivity index (χ3n) is 7.23. The number of aliphatic hydroxyl groups is 2. The molecular weight excluding hydrogens is 458 g/mol. The van der Waals surface area contributed by atoms with Gasteiger partial charge in [-0.15, -0.1) is 0 Å². The number of aliphatic hydroxyl groups excluding tert-OH is 1. The normalized spacial score (nSPS) is 22.3. The van der Waals surface area contributed by atoms with Crippen LogP contribution in [-0.4, -0.2) is 66.2 Å². The first-order chi connectivity index (χ1) is 17.4. The van der Waals surface area contributed by atoms with E-state index in [-0.39, 0.29) is 12.4 Å². The van der Waals surface area contributed by atoms with Crippen molar-refractivity contribution in [1.82, 2.24) is 29.4 Å². The Bertz CT molecular complexity index is 1590. The summed E-state index contributed by atoms with van der Waals surface area (Å²) in [5.41, 5.74) is 9.77. The average Bonchev–Trinajstić information content (AvgIpc) is 3.52. The number of nitrogens with zero attached hydrogens (tertiary/aromatic N) is 5. The van der Waals surface area contributed by atoms with Crippen molar-refractivity contribution in [3.8, 4) is 0 Å². The number of rotatable bonds is 6. The van der Waals surface area contributed by atoms with Crippen LogP contribution in [-0.2, 0) is 17.0 Å². The molecule has 6 rings (SSSR count). The van der Waals surface area contributed by atoms with E-state index in [9.17, 15) is 10.2 Å². The smallest absolute Gasteiger partial charge is 0.197 e. The molecule has 0 saturated carbocycles. The Hall–Kier alpha value is -3.57. The number of aromatic nitrogens is 5. The molecule has 0 spiro atoms. The molecule has 0 bridgehead atoms. The van der Waals surface area contributed by atoms with Gasteiger partial charge in [0.1, 0.15) is 24.1 Å². The molecule has 36 heavy (non-hydrogen) atoms. The quantitative estimate of drug-likeness (QED) is 0.266. The minimum Gasteiger partial charge on any atom is -0.385 e. The third kappa shape index (κ3) is 3.45. The summed E-state index contributed by atoms with van der Waals surface area (Å²) < 4.78 is 9.55. The number of fused-ring (bicyclic) bond motifs is 4. The molecule has 3 atom stereocenters. The van der Waals surface area contributed by atoms with Gasteiger partial charge in [-0.25, -0.2) is 15.0 Å². The molecule has 2 aromatic carbocycles. The van der Waals surface area contributed by atoms with Gasteiger partial charge in [0.2, 0.25) is 0 Å². The van der Waals surface area contributed by atoms with E-state index in [0.29, 0.717) is 24.3 Å². The molecule has 1 saturated heterocycles. The van der Waals surface area contributed by atoms with Gasteiger partial charge in [0, 0.05) is 41.4 Å². The van der Waals surface area contributed by atoms with Gasteiger partial charge in [-0.1, -0.05) is 24.3 Å². The first-order valence-corrected chi connectivity index (χ1v) is 12.0. The van der Waals surface area contributed by atoms with E-state index in [0.717, 1.165) is 6.54 Å². The summed E-state index contributed by atoms with van der Waals surface area (Å²) in [5.74, 6) is 0.212. The van der Waals surface area contributed by atoms with Crippen LogP contribution in [0.4, 0.5) is 5.82 Å². The van der Waals surface area contributed by atoms with E-state index in [1.807, 2.05) is 0 Å². The maximum atomic E-state index is 11.3. The Morgan fingerprint density at radius 3 is 2.89 bits per heavy atom. The second-order valence-corrected chi connectivity index (χ2v) is 9.56. The molecule has 10 heteroatoms. The number of nitrogens with two attached hydrogens (primary N) is 1. The van der Waals surface area contributed by atoms with E-state index >= 15 is 0 Å². The average molecular weight is 488 g/mol. The van der Waals surface area contributed by atoms with Crippen LogP contribution in [0.2, 0.25) is 0 Å². The van der Waals surface area contributed by atoms with E-state index in [2.05, 4.69) is 75.1 Å². The van der Waals surface area contributed by atoms with Crippen LogP contribution >= 0.6 is 0 Å². The van der Waals surface area contributed by atoms with Crippen LogP contribution in [0, 0.1) is 13.8 Å². The zero-order valence-corrected chi connectivity index (χ0v) is 20.2. The highest BCUT2D eigenvalue weighted by Gasteiger charge is 2.50. The fourth-order valence-corrected chi connectivity index (χ4v) is 5.33. The summed E-state index contributed by atoms with van der Waals surface area (Å²) in [6.07, 6.45) is 0.925. The number of nitrogens with one attached hydrogen (secondary N) is 1. The monoisotopic (exact) mass is 487 g/mol. The van der Waals surface area contributed by atoms with E-state index in [1.165, 1.54) is 50.2 Å². The van der Waals surface area contributed by atoms with Crippen LogP contribution in [0.5, 0.6) is 0 Å². The zero-order chi connectivity index (χ0) is 25.0. The summed E-state index contributed by atoms with van der Waals surface area (Å²) in [4.78, 5) is 12.3. The molecule has 0 radical (unpaired) electrons. The first-order valence-electron chi connectivity index (χ1n) is 12.0. The highest BCUT2D eigenvalue weighted by atomic mass is 16.5. The number of hydrogen-bond acceptors (Lipinski definition) is 8. The van der Waals surface area contributed by atoms with Gasteiger partial charge in [-0.05, 0) is 37.1 Å². The predicted molar refractivity (Wildman–Crippen MR) is 137 cm³/mol. The predicted octanol–water partition coefficient (Wildman–Crippen LogP) is 1.83. The van der Waals surface area contributed by atoms with Crippen LogP contribution in [0.1, 0.15) is 11.1 Å². The fourth-order valence-electron chi connectivity index (χ4n) is 5.33. The molecule has 3 aromatic heterocycles. The van der Waals surface area contributed by atoms with Gasteiger partial charge >= 0.3 is 0 Å². The Labute approximate surface area is 207 Å². The van der Waals surface area contributed by atoms with E-state index in [1.54, 1.807) is 0 Å². The van der Waals surface area contributed by atoms with Crippen LogP contribution < -0.4 is 11.1 Å². The number of nitrogen functional groups attached to an aromatic ring is 1.